The van der Waals surface area contributed by atoms with Crippen molar-refractivity contribution in [3.05, 3.63) is 28.1 Å². The Morgan fingerprint density at radius 1 is 1.58 bits per heavy atom. The molecule has 2 N–H and O–H groups in total. The maximum Gasteiger partial charge on any atom is 0.287 e. The molecule has 1 atom stereocenters. The molecule has 0 saturated carbocycles. The standard InChI is InChI=1S/C12H19N3O4/c1-4-9(7-16)13-12(17)11-5-10(15(18)19)6-14(11)8(2)3/h5-6,8-9,16H,4,7H2,1-3H3,(H,13,17). The fourth-order valence-corrected chi connectivity index (χ4v) is 1.71. The van der Waals surface area contributed by atoms with Gasteiger partial charge in [-0.25, -0.2) is 0 Å². The Kier molecular flexibility index (Phi) is 5.05. The monoisotopic (exact) mass is 269 g/mol. The van der Waals surface area contributed by atoms with Gasteiger partial charge >= 0.3 is 0 Å². The lowest BCUT2D eigenvalue weighted by atomic mass is 10.2. The van der Waals surface area contributed by atoms with E-state index in [2.05, 4.69) is 5.32 Å². The van der Waals surface area contributed by atoms with E-state index >= 15 is 0 Å². The molecule has 106 valence electrons. The maximum absolute atomic E-state index is 12.1. The first-order valence-electron chi connectivity index (χ1n) is 6.18. The third-order valence-electron chi connectivity index (χ3n) is 2.88. The molecular weight excluding hydrogens is 250 g/mol. The molecule has 1 rings (SSSR count). The Balaban J connectivity index is 3.04. The van der Waals surface area contributed by atoms with Crippen molar-refractivity contribution in [2.75, 3.05) is 6.61 Å². The quantitative estimate of drug-likeness (QED) is 0.603. The van der Waals surface area contributed by atoms with Crippen LogP contribution in [0.1, 0.15) is 43.7 Å². The number of rotatable bonds is 6. The lowest BCUT2D eigenvalue weighted by Crippen LogP contribution is -2.38. The third-order valence-corrected chi connectivity index (χ3v) is 2.88. The summed E-state index contributed by atoms with van der Waals surface area (Å²) < 4.78 is 1.55. The van der Waals surface area contributed by atoms with Crippen molar-refractivity contribution in [2.24, 2.45) is 0 Å². The molecule has 0 bridgehead atoms. The topological polar surface area (TPSA) is 97.4 Å². The number of hydrogen-bond donors (Lipinski definition) is 2. The van der Waals surface area contributed by atoms with Crippen molar-refractivity contribution in [2.45, 2.75) is 39.3 Å². The van der Waals surface area contributed by atoms with Crippen LogP contribution in [0, 0.1) is 10.1 Å². The highest BCUT2D eigenvalue weighted by atomic mass is 16.6. The molecule has 1 unspecified atom stereocenters. The van der Waals surface area contributed by atoms with Crippen LogP contribution in [0.4, 0.5) is 5.69 Å². The minimum Gasteiger partial charge on any atom is -0.394 e. The van der Waals surface area contributed by atoms with Crippen LogP contribution in [0.15, 0.2) is 12.3 Å². The molecule has 0 spiro atoms. The summed E-state index contributed by atoms with van der Waals surface area (Å²) in [7, 11) is 0. The van der Waals surface area contributed by atoms with Crippen LogP contribution in [-0.2, 0) is 0 Å². The number of nitrogens with zero attached hydrogens (tertiary/aromatic N) is 2. The van der Waals surface area contributed by atoms with Crippen molar-refractivity contribution in [3.8, 4) is 0 Å². The van der Waals surface area contributed by atoms with Gasteiger partial charge in [-0.3, -0.25) is 14.9 Å². The average Bonchev–Trinajstić information content (AvgIpc) is 2.81. The molecule has 1 aromatic rings. The zero-order valence-corrected chi connectivity index (χ0v) is 11.3. The van der Waals surface area contributed by atoms with E-state index < -0.39 is 10.8 Å². The fraction of sp³-hybridized carbons (Fsp3) is 0.583. The van der Waals surface area contributed by atoms with E-state index in [-0.39, 0.29) is 30.1 Å². The summed E-state index contributed by atoms with van der Waals surface area (Å²) in [5, 5.41) is 22.5. The van der Waals surface area contributed by atoms with Crippen LogP contribution >= 0.6 is 0 Å². The van der Waals surface area contributed by atoms with Gasteiger partial charge in [0.2, 0.25) is 0 Å². The number of nitrogens with one attached hydrogen (secondary N) is 1. The van der Waals surface area contributed by atoms with E-state index in [1.54, 1.807) is 4.57 Å². The molecule has 1 aromatic heterocycles. The number of aromatic nitrogens is 1. The van der Waals surface area contributed by atoms with Gasteiger partial charge in [0.15, 0.2) is 0 Å². The van der Waals surface area contributed by atoms with Crippen molar-refractivity contribution in [1.82, 2.24) is 9.88 Å². The number of nitro groups is 1. The molecule has 0 saturated heterocycles. The average molecular weight is 269 g/mol. The molecule has 0 aliphatic rings. The van der Waals surface area contributed by atoms with Crippen molar-refractivity contribution in [3.63, 3.8) is 0 Å². The van der Waals surface area contributed by atoms with Gasteiger partial charge in [-0.1, -0.05) is 6.92 Å². The Hall–Kier alpha value is -1.89. The zero-order valence-electron chi connectivity index (χ0n) is 11.3. The molecule has 0 aliphatic heterocycles. The first-order valence-corrected chi connectivity index (χ1v) is 6.18. The summed E-state index contributed by atoms with van der Waals surface area (Å²) in [6, 6.07) is 0.838. The normalized spacial score (nSPS) is 12.5. The SMILES string of the molecule is CCC(CO)NC(=O)c1cc([N+](=O)[O-])cn1C(C)C. The first-order chi connectivity index (χ1) is 8.90. The molecule has 0 aliphatic carbocycles. The van der Waals surface area contributed by atoms with Crippen LogP contribution in [0.5, 0.6) is 0 Å². The largest absolute Gasteiger partial charge is 0.394 e. The van der Waals surface area contributed by atoms with Crippen molar-refractivity contribution >= 4 is 11.6 Å². The van der Waals surface area contributed by atoms with Crippen LogP contribution in [0.25, 0.3) is 0 Å². The van der Waals surface area contributed by atoms with E-state index in [9.17, 15) is 14.9 Å². The highest BCUT2D eigenvalue weighted by Crippen LogP contribution is 2.20. The molecule has 7 heteroatoms. The molecule has 1 amide bonds. The third kappa shape index (κ3) is 3.54. The zero-order chi connectivity index (χ0) is 14.6. The van der Waals surface area contributed by atoms with Gasteiger partial charge in [0.05, 0.1) is 23.8 Å². The van der Waals surface area contributed by atoms with Crippen molar-refractivity contribution < 1.29 is 14.8 Å². The Bertz CT molecular complexity index is 464. The minimum atomic E-state index is -0.529. The predicted molar refractivity (Wildman–Crippen MR) is 70.1 cm³/mol. The molecule has 19 heavy (non-hydrogen) atoms. The fourth-order valence-electron chi connectivity index (χ4n) is 1.71. The van der Waals surface area contributed by atoms with Gasteiger partial charge in [-0.05, 0) is 20.3 Å². The summed E-state index contributed by atoms with van der Waals surface area (Å²) in [6.45, 7) is 5.35. The first kappa shape index (κ1) is 15.2. The lowest BCUT2D eigenvalue weighted by Gasteiger charge is -2.16. The van der Waals surface area contributed by atoms with Gasteiger partial charge in [0.25, 0.3) is 11.6 Å². The molecule has 7 nitrogen and oxygen atoms in total. The second kappa shape index (κ2) is 6.33. The number of aliphatic hydroxyl groups excluding tert-OH is 1. The highest BCUT2D eigenvalue weighted by molar-refractivity contribution is 5.93. The summed E-state index contributed by atoms with van der Waals surface area (Å²) in [5.74, 6) is -0.414. The number of carbonyl (C=O) groups excluding carboxylic acids is 1. The highest BCUT2D eigenvalue weighted by Gasteiger charge is 2.22. The van der Waals surface area contributed by atoms with E-state index in [0.29, 0.717) is 6.42 Å². The Morgan fingerprint density at radius 3 is 2.63 bits per heavy atom. The number of aliphatic hydroxyl groups is 1. The van der Waals surface area contributed by atoms with Gasteiger partial charge in [-0.15, -0.1) is 0 Å². The second-order valence-corrected chi connectivity index (χ2v) is 4.60. The molecule has 0 aromatic carbocycles. The van der Waals surface area contributed by atoms with Crippen LogP contribution in [-0.4, -0.2) is 33.2 Å². The van der Waals surface area contributed by atoms with Gasteiger partial charge < -0.3 is 15.0 Å². The Labute approximate surface area is 111 Å². The molecule has 0 radical (unpaired) electrons. The number of carbonyl (C=O) groups is 1. The summed E-state index contributed by atoms with van der Waals surface area (Å²) in [5.41, 5.74) is 0.115. The van der Waals surface area contributed by atoms with Crippen LogP contribution in [0.2, 0.25) is 0 Å². The maximum atomic E-state index is 12.1. The van der Waals surface area contributed by atoms with Gasteiger partial charge in [0, 0.05) is 12.1 Å². The number of hydrogen-bond acceptors (Lipinski definition) is 4. The Morgan fingerprint density at radius 2 is 2.21 bits per heavy atom. The van der Waals surface area contributed by atoms with Crippen molar-refractivity contribution in [1.29, 1.82) is 0 Å². The smallest absolute Gasteiger partial charge is 0.287 e. The predicted octanol–water partition coefficient (Wildman–Crippen LogP) is 1.48. The van der Waals surface area contributed by atoms with Gasteiger partial charge in [0.1, 0.15) is 5.69 Å². The van der Waals surface area contributed by atoms with Crippen LogP contribution in [0.3, 0.4) is 0 Å². The number of amides is 1. The van der Waals surface area contributed by atoms with E-state index in [1.807, 2.05) is 20.8 Å². The molecule has 0 fully saturated rings. The molecule has 1 heterocycles. The lowest BCUT2D eigenvalue weighted by molar-refractivity contribution is -0.384. The van der Waals surface area contributed by atoms with E-state index in [1.165, 1.54) is 12.3 Å². The summed E-state index contributed by atoms with van der Waals surface area (Å²) in [4.78, 5) is 22.3. The minimum absolute atomic E-state index is 0.0661. The summed E-state index contributed by atoms with van der Waals surface area (Å²) in [6.07, 6.45) is 1.94. The second-order valence-electron chi connectivity index (χ2n) is 4.60. The van der Waals surface area contributed by atoms with Gasteiger partial charge in [-0.2, -0.15) is 0 Å². The van der Waals surface area contributed by atoms with E-state index in [0.717, 1.165) is 0 Å². The van der Waals surface area contributed by atoms with Crippen LogP contribution < -0.4 is 5.32 Å². The summed E-state index contributed by atoms with van der Waals surface area (Å²) >= 11 is 0. The molecular formula is C12H19N3O4. The van der Waals surface area contributed by atoms with E-state index in [4.69, 9.17) is 5.11 Å².